The van der Waals surface area contributed by atoms with Crippen molar-refractivity contribution in [1.29, 1.82) is 0 Å². The summed E-state index contributed by atoms with van der Waals surface area (Å²) in [4.78, 5) is 4.44. The third kappa shape index (κ3) is 3.26. The van der Waals surface area contributed by atoms with Gasteiger partial charge in [-0.05, 0) is 42.0 Å². The minimum atomic E-state index is -3.74. The van der Waals surface area contributed by atoms with Crippen LogP contribution in [-0.2, 0) is 10.0 Å². The number of rotatable bonds is 4. The first-order valence-electron chi connectivity index (χ1n) is 7.69. The number of nitrogens with one attached hydrogen (secondary N) is 2. The monoisotopic (exact) mass is 384 g/mol. The summed E-state index contributed by atoms with van der Waals surface area (Å²) in [5, 5.41) is 8.04. The van der Waals surface area contributed by atoms with Crippen LogP contribution in [-0.4, -0.2) is 23.6 Å². The molecule has 0 radical (unpaired) electrons. The quantitative estimate of drug-likeness (QED) is 0.555. The summed E-state index contributed by atoms with van der Waals surface area (Å²) in [6.45, 7) is 0. The van der Waals surface area contributed by atoms with Gasteiger partial charge in [-0.2, -0.15) is 5.10 Å². The molecule has 4 rings (SSSR count). The fraction of sp³-hybridized carbons (Fsp3) is 0. The molecule has 0 amide bonds. The van der Waals surface area contributed by atoms with E-state index in [1.54, 1.807) is 54.9 Å². The number of pyridine rings is 1. The molecule has 0 bridgehead atoms. The Hall–Kier alpha value is -2.90. The van der Waals surface area contributed by atoms with Crippen LogP contribution in [0.4, 0.5) is 5.69 Å². The van der Waals surface area contributed by atoms with E-state index in [2.05, 4.69) is 19.9 Å². The molecule has 0 saturated carbocycles. The molecule has 2 N–H and O–H groups in total. The molecule has 130 valence electrons. The summed E-state index contributed by atoms with van der Waals surface area (Å²) in [6.07, 6.45) is 3.35. The highest BCUT2D eigenvalue weighted by Crippen LogP contribution is 2.26. The Morgan fingerprint density at radius 1 is 0.962 bits per heavy atom. The zero-order valence-electron chi connectivity index (χ0n) is 13.3. The Morgan fingerprint density at radius 2 is 1.81 bits per heavy atom. The standard InChI is InChI=1S/C18H13ClN4O2S/c19-15-4-2-5-16(9-15)23-26(24,25)17-6-1-3-12(8-17)13-7-14-11-21-22-18(14)20-10-13/h1-11,23H,(H,20,21,22). The van der Waals surface area contributed by atoms with Crippen molar-refractivity contribution in [2.75, 3.05) is 4.72 Å². The fourth-order valence-electron chi connectivity index (χ4n) is 2.60. The van der Waals surface area contributed by atoms with E-state index in [-0.39, 0.29) is 4.90 Å². The van der Waals surface area contributed by atoms with Gasteiger partial charge in [-0.25, -0.2) is 13.4 Å². The maximum Gasteiger partial charge on any atom is 0.261 e. The Bertz CT molecular complexity index is 1200. The molecule has 0 unspecified atom stereocenters. The molecule has 0 saturated heterocycles. The first-order valence-corrected chi connectivity index (χ1v) is 9.55. The van der Waals surface area contributed by atoms with Crippen LogP contribution in [0.1, 0.15) is 0 Å². The number of aromatic amines is 1. The molecule has 8 heteroatoms. The van der Waals surface area contributed by atoms with Crippen LogP contribution >= 0.6 is 11.6 Å². The highest BCUT2D eigenvalue weighted by atomic mass is 35.5. The maximum absolute atomic E-state index is 12.7. The highest BCUT2D eigenvalue weighted by molar-refractivity contribution is 7.92. The normalized spacial score (nSPS) is 11.6. The van der Waals surface area contributed by atoms with Gasteiger partial charge in [-0.3, -0.25) is 9.82 Å². The molecule has 2 aromatic carbocycles. The SMILES string of the molecule is O=S(=O)(Nc1cccc(Cl)c1)c1cccc(-c2cnc3[nH]ncc3c2)c1. The van der Waals surface area contributed by atoms with Crippen molar-refractivity contribution in [2.24, 2.45) is 0 Å². The van der Waals surface area contributed by atoms with E-state index in [1.807, 2.05) is 12.1 Å². The largest absolute Gasteiger partial charge is 0.280 e. The van der Waals surface area contributed by atoms with Gasteiger partial charge in [-0.15, -0.1) is 0 Å². The number of sulfonamides is 1. The summed E-state index contributed by atoms with van der Waals surface area (Å²) in [6, 6.07) is 15.1. The van der Waals surface area contributed by atoms with Gasteiger partial charge in [-0.1, -0.05) is 29.8 Å². The van der Waals surface area contributed by atoms with Gasteiger partial charge in [0.1, 0.15) is 0 Å². The third-order valence-corrected chi connectivity index (χ3v) is 5.46. The van der Waals surface area contributed by atoms with Crippen molar-refractivity contribution in [2.45, 2.75) is 4.90 Å². The number of H-pyrrole nitrogens is 1. The number of benzene rings is 2. The molecule has 2 aromatic heterocycles. The maximum atomic E-state index is 12.7. The van der Waals surface area contributed by atoms with E-state index in [4.69, 9.17) is 11.6 Å². The van der Waals surface area contributed by atoms with Crippen molar-refractivity contribution in [1.82, 2.24) is 15.2 Å². The Morgan fingerprint density at radius 3 is 2.65 bits per heavy atom. The molecule has 0 aliphatic rings. The third-order valence-electron chi connectivity index (χ3n) is 3.85. The lowest BCUT2D eigenvalue weighted by atomic mass is 10.1. The molecule has 0 spiro atoms. The average molecular weight is 385 g/mol. The van der Waals surface area contributed by atoms with E-state index in [9.17, 15) is 8.42 Å². The summed E-state index contributed by atoms with van der Waals surface area (Å²) in [5.41, 5.74) is 2.64. The molecule has 0 fully saturated rings. The van der Waals surface area contributed by atoms with Gasteiger partial charge in [0.05, 0.1) is 16.8 Å². The van der Waals surface area contributed by atoms with Gasteiger partial charge in [0.15, 0.2) is 5.65 Å². The second kappa shape index (κ2) is 6.44. The predicted octanol–water partition coefficient (Wildman–Crippen LogP) is 4.08. The van der Waals surface area contributed by atoms with Gasteiger partial charge < -0.3 is 0 Å². The lowest BCUT2D eigenvalue weighted by molar-refractivity contribution is 0.601. The van der Waals surface area contributed by atoms with Crippen molar-refractivity contribution in [3.05, 3.63) is 72.0 Å². The summed E-state index contributed by atoms with van der Waals surface area (Å²) < 4.78 is 27.9. The topological polar surface area (TPSA) is 87.7 Å². The number of fused-ring (bicyclic) bond motifs is 1. The first kappa shape index (κ1) is 16.6. The second-order valence-corrected chi connectivity index (χ2v) is 7.79. The lowest BCUT2D eigenvalue weighted by Crippen LogP contribution is -2.12. The van der Waals surface area contributed by atoms with E-state index in [0.29, 0.717) is 16.4 Å². The number of halogens is 1. The minimum Gasteiger partial charge on any atom is -0.280 e. The van der Waals surface area contributed by atoms with Crippen molar-refractivity contribution in [3.63, 3.8) is 0 Å². The number of nitrogens with zero attached hydrogens (tertiary/aromatic N) is 2. The number of anilines is 1. The average Bonchev–Trinajstić information content (AvgIpc) is 3.09. The smallest absolute Gasteiger partial charge is 0.261 e. The minimum absolute atomic E-state index is 0.155. The van der Waals surface area contributed by atoms with Crippen molar-refractivity contribution >= 4 is 38.3 Å². The number of hydrogen-bond donors (Lipinski definition) is 2. The first-order chi connectivity index (χ1) is 12.5. The fourth-order valence-corrected chi connectivity index (χ4v) is 3.89. The van der Waals surface area contributed by atoms with Gasteiger partial charge in [0.25, 0.3) is 10.0 Å². The summed E-state index contributed by atoms with van der Waals surface area (Å²) in [7, 11) is -3.74. The number of hydrogen-bond acceptors (Lipinski definition) is 4. The zero-order chi connectivity index (χ0) is 18.1. The highest BCUT2D eigenvalue weighted by Gasteiger charge is 2.15. The van der Waals surface area contributed by atoms with Gasteiger partial charge in [0.2, 0.25) is 0 Å². The van der Waals surface area contributed by atoms with Gasteiger partial charge >= 0.3 is 0 Å². The molecule has 0 aliphatic heterocycles. The van der Waals surface area contributed by atoms with E-state index in [0.717, 1.165) is 16.5 Å². The van der Waals surface area contributed by atoms with Crippen LogP contribution in [0, 0.1) is 0 Å². The summed E-state index contributed by atoms with van der Waals surface area (Å²) in [5.74, 6) is 0. The lowest BCUT2D eigenvalue weighted by Gasteiger charge is -2.10. The molecular weight excluding hydrogens is 372 g/mol. The van der Waals surface area contributed by atoms with Gasteiger partial charge in [0, 0.05) is 22.2 Å². The predicted molar refractivity (Wildman–Crippen MR) is 102 cm³/mol. The molecule has 0 atom stereocenters. The molecule has 6 nitrogen and oxygen atoms in total. The van der Waals surface area contributed by atoms with E-state index < -0.39 is 10.0 Å². The van der Waals surface area contributed by atoms with Crippen LogP contribution in [0.15, 0.2) is 71.9 Å². The second-order valence-electron chi connectivity index (χ2n) is 5.68. The van der Waals surface area contributed by atoms with Crippen LogP contribution in [0.25, 0.3) is 22.2 Å². The number of aromatic nitrogens is 3. The molecule has 0 aliphatic carbocycles. The molecule has 4 aromatic rings. The van der Waals surface area contributed by atoms with E-state index >= 15 is 0 Å². The molecule has 26 heavy (non-hydrogen) atoms. The van der Waals surface area contributed by atoms with E-state index in [1.165, 1.54) is 0 Å². The van der Waals surface area contributed by atoms with Crippen molar-refractivity contribution < 1.29 is 8.42 Å². The van der Waals surface area contributed by atoms with Crippen LogP contribution < -0.4 is 4.72 Å². The molecule has 2 heterocycles. The van der Waals surface area contributed by atoms with Crippen LogP contribution in [0.3, 0.4) is 0 Å². The van der Waals surface area contributed by atoms with Crippen molar-refractivity contribution in [3.8, 4) is 11.1 Å². The Labute approximate surface area is 154 Å². The Balaban J connectivity index is 1.70. The Kier molecular flexibility index (Phi) is 4.10. The van der Waals surface area contributed by atoms with Crippen LogP contribution in [0.5, 0.6) is 0 Å². The molecular formula is C18H13ClN4O2S. The summed E-state index contributed by atoms with van der Waals surface area (Å²) >= 11 is 5.91. The zero-order valence-corrected chi connectivity index (χ0v) is 14.9. The van der Waals surface area contributed by atoms with Crippen LogP contribution in [0.2, 0.25) is 5.02 Å².